The molecule has 0 heterocycles. The van der Waals surface area contributed by atoms with Crippen LogP contribution in [-0.4, -0.2) is 25.8 Å². The van der Waals surface area contributed by atoms with Crippen LogP contribution in [0.1, 0.15) is 84.0 Å². The van der Waals surface area contributed by atoms with Crippen LogP contribution in [0, 0.1) is 0 Å². The minimum Gasteiger partial charge on any atom is -0.494 e. The molecule has 0 atom stereocenters. The summed E-state index contributed by atoms with van der Waals surface area (Å²) < 4.78 is 16.8. The predicted molar refractivity (Wildman–Crippen MR) is 145 cm³/mol. The first kappa shape index (κ1) is 28.5. The number of hydrogen-bond donors (Lipinski definition) is 0. The molecule has 0 aromatic heterocycles. The normalized spacial score (nSPS) is 10.7. The minimum atomic E-state index is -0.336. The average Bonchev–Trinajstić information content (AvgIpc) is 2.90. The molecule has 0 spiro atoms. The van der Waals surface area contributed by atoms with E-state index in [2.05, 4.69) is 49.9 Å². The maximum Gasteiger partial charge on any atom is 0.330 e. The van der Waals surface area contributed by atoms with E-state index in [9.17, 15) is 4.79 Å². The van der Waals surface area contributed by atoms with Crippen molar-refractivity contribution >= 4 is 5.97 Å². The lowest BCUT2D eigenvalue weighted by molar-refractivity contribution is -0.137. The van der Waals surface area contributed by atoms with Gasteiger partial charge in [0, 0.05) is 6.08 Å². The number of carbonyl (C=O) groups excluding carboxylic acids is 1. The summed E-state index contributed by atoms with van der Waals surface area (Å²) in [5.74, 6) is 1.52. The fourth-order valence-electron chi connectivity index (χ4n) is 3.89. The Hall–Kier alpha value is -2.75. The van der Waals surface area contributed by atoms with Crippen LogP contribution < -0.4 is 9.47 Å². The van der Waals surface area contributed by atoms with Crippen molar-refractivity contribution in [3.8, 4) is 22.6 Å². The van der Waals surface area contributed by atoms with Gasteiger partial charge in [-0.2, -0.15) is 0 Å². The van der Waals surface area contributed by atoms with E-state index in [-0.39, 0.29) is 5.97 Å². The number of benzene rings is 2. The molecule has 0 aliphatic carbocycles. The maximum absolute atomic E-state index is 11.0. The summed E-state index contributed by atoms with van der Waals surface area (Å²) in [6, 6.07) is 16.7. The number of ether oxygens (including phenoxy) is 3. The highest BCUT2D eigenvalue weighted by molar-refractivity contribution is 5.81. The Labute approximate surface area is 212 Å². The standard InChI is InChI=1S/C31H44O4/c1-3-5-6-7-10-13-24-33-29-20-16-27(17-21-29)28-18-22-30(23-19-28)34-25-14-11-8-9-12-15-26-35-31(32)4-2/h4,16-23H,2-3,5-15,24-26H2,1H3. The molecule has 0 aliphatic rings. The fraction of sp³-hybridized carbons (Fsp3) is 0.516. The molecule has 0 amide bonds. The summed E-state index contributed by atoms with van der Waals surface area (Å²) in [7, 11) is 0. The Morgan fingerprint density at radius 1 is 0.629 bits per heavy atom. The molecule has 0 saturated heterocycles. The SMILES string of the molecule is C=CC(=O)OCCCCCCCCOc1ccc(-c2ccc(OCCCCCCCC)cc2)cc1. The largest absolute Gasteiger partial charge is 0.494 e. The number of esters is 1. The molecule has 0 fully saturated rings. The van der Waals surface area contributed by atoms with Gasteiger partial charge in [-0.25, -0.2) is 4.79 Å². The number of carbonyl (C=O) groups is 1. The Kier molecular flexibility index (Phi) is 15.1. The molecule has 0 radical (unpaired) electrons. The van der Waals surface area contributed by atoms with E-state index in [0.29, 0.717) is 6.61 Å². The van der Waals surface area contributed by atoms with Gasteiger partial charge in [-0.3, -0.25) is 0 Å². The quantitative estimate of drug-likeness (QED) is 0.108. The Morgan fingerprint density at radius 3 is 1.46 bits per heavy atom. The van der Waals surface area contributed by atoms with E-state index in [4.69, 9.17) is 14.2 Å². The van der Waals surface area contributed by atoms with Gasteiger partial charge in [0.15, 0.2) is 0 Å². The third-order valence-electron chi connectivity index (χ3n) is 6.03. The van der Waals surface area contributed by atoms with E-state index in [1.165, 1.54) is 55.7 Å². The van der Waals surface area contributed by atoms with Crippen molar-refractivity contribution in [3.05, 3.63) is 61.2 Å². The zero-order valence-electron chi connectivity index (χ0n) is 21.6. The number of rotatable bonds is 20. The van der Waals surface area contributed by atoms with Crippen molar-refractivity contribution in [2.24, 2.45) is 0 Å². The predicted octanol–water partition coefficient (Wildman–Crippen LogP) is 8.54. The molecule has 2 aromatic carbocycles. The molecule has 4 nitrogen and oxygen atoms in total. The zero-order chi connectivity index (χ0) is 25.0. The van der Waals surface area contributed by atoms with Gasteiger partial charge in [0.2, 0.25) is 0 Å². The second kappa shape index (κ2) is 18.6. The van der Waals surface area contributed by atoms with Crippen LogP contribution in [0.3, 0.4) is 0 Å². The highest BCUT2D eigenvalue weighted by atomic mass is 16.5. The third-order valence-corrected chi connectivity index (χ3v) is 6.03. The molecule has 192 valence electrons. The van der Waals surface area contributed by atoms with E-state index in [1.807, 2.05) is 12.1 Å². The lowest BCUT2D eigenvalue weighted by atomic mass is 10.1. The average molecular weight is 481 g/mol. The fourth-order valence-corrected chi connectivity index (χ4v) is 3.89. The second-order valence-corrected chi connectivity index (χ2v) is 9.01. The minimum absolute atomic E-state index is 0.336. The summed E-state index contributed by atoms with van der Waals surface area (Å²) in [5, 5.41) is 0. The van der Waals surface area contributed by atoms with E-state index in [0.717, 1.165) is 63.2 Å². The van der Waals surface area contributed by atoms with Crippen LogP contribution in [0.5, 0.6) is 11.5 Å². The first-order chi connectivity index (χ1) is 17.2. The van der Waals surface area contributed by atoms with E-state index >= 15 is 0 Å². The van der Waals surface area contributed by atoms with Gasteiger partial charge in [0.25, 0.3) is 0 Å². The lowest BCUT2D eigenvalue weighted by Gasteiger charge is -2.09. The maximum atomic E-state index is 11.0. The van der Waals surface area contributed by atoms with Crippen molar-refractivity contribution in [2.45, 2.75) is 84.0 Å². The molecule has 0 N–H and O–H groups in total. The number of unbranched alkanes of at least 4 members (excludes halogenated alkanes) is 10. The Balaban J connectivity index is 1.55. The molecular weight excluding hydrogens is 436 g/mol. The first-order valence-corrected chi connectivity index (χ1v) is 13.5. The van der Waals surface area contributed by atoms with Gasteiger partial charge >= 0.3 is 5.97 Å². The van der Waals surface area contributed by atoms with Gasteiger partial charge in [-0.1, -0.05) is 95.6 Å². The van der Waals surface area contributed by atoms with Gasteiger partial charge in [-0.15, -0.1) is 0 Å². The topological polar surface area (TPSA) is 44.8 Å². The molecule has 35 heavy (non-hydrogen) atoms. The van der Waals surface area contributed by atoms with Gasteiger partial charge in [-0.05, 0) is 54.7 Å². The Bertz CT molecular complexity index is 811. The molecule has 2 rings (SSSR count). The van der Waals surface area contributed by atoms with Crippen molar-refractivity contribution in [2.75, 3.05) is 19.8 Å². The summed E-state index contributed by atoms with van der Waals surface area (Å²) in [6.45, 7) is 7.66. The highest BCUT2D eigenvalue weighted by Gasteiger charge is 2.01. The van der Waals surface area contributed by atoms with Crippen molar-refractivity contribution in [1.29, 1.82) is 0 Å². The second-order valence-electron chi connectivity index (χ2n) is 9.01. The van der Waals surface area contributed by atoms with Crippen LogP contribution in [0.4, 0.5) is 0 Å². The summed E-state index contributed by atoms with van der Waals surface area (Å²) in [6.07, 6.45) is 15.4. The third kappa shape index (κ3) is 13.1. The zero-order valence-corrected chi connectivity index (χ0v) is 21.6. The van der Waals surface area contributed by atoms with Crippen LogP contribution in [0.2, 0.25) is 0 Å². The first-order valence-electron chi connectivity index (χ1n) is 13.5. The van der Waals surface area contributed by atoms with Gasteiger partial charge in [0.05, 0.1) is 19.8 Å². The monoisotopic (exact) mass is 480 g/mol. The summed E-state index contributed by atoms with van der Waals surface area (Å²) in [5.41, 5.74) is 2.36. The number of hydrogen-bond acceptors (Lipinski definition) is 4. The molecule has 0 bridgehead atoms. The van der Waals surface area contributed by atoms with E-state index in [1.54, 1.807) is 0 Å². The van der Waals surface area contributed by atoms with E-state index < -0.39 is 0 Å². The van der Waals surface area contributed by atoms with Gasteiger partial charge in [0.1, 0.15) is 11.5 Å². The van der Waals surface area contributed by atoms with Crippen molar-refractivity contribution in [1.82, 2.24) is 0 Å². The molecular formula is C31H44O4. The van der Waals surface area contributed by atoms with Crippen LogP contribution in [0.25, 0.3) is 11.1 Å². The van der Waals surface area contributed by atoms with Crippen molar-refractivity contribution < 1.29 is 19.0 Å². The van der Waals surface area contributed by atoms with Crippen LogP contribution >= 0.6 is 0 Å². The van der Waals surface area contributed by atoms with Crippen molar-refractivity contribution in [3.63, 3.8) is 0 Å². The smallest absolute Gasteiger partial charge is 0.330 e. The summed E-state index contributed by atoms with van der Waals surface area (Å²) in [4.78, 5) is 11.0. The summed E-state index contributed by atoms with van der Waals surface area (Å²) >= 11 is 0. The molecule has 0 unspecified atom stereocenters. The molecule has 0 aliphatic heterocycles. The van der Waals surface area contributed by atoms with Gasteiger partial charge < -0.3 is 14.2 Å². The highest BCUT2D eigenvalue weighted by Crippen LogP contribution is 2.25. The molecule has 0 saturated carbocycles. The van der Waals surface area contributed by atoms with Crippen LogP contribution in [0.15, 0.2) is 61.2 Å². The molecule has 2 aromatic rings. The lowest BCUT2D eigenvalue weighted by Crippen LogP contribution is -2.01. The van der Waals surface area contributed by atoms with Crippen LogP contribution in [-0.2, 0) is 9.53 Å². The Morgan fingerprint density at radius 2 is 1.03 bits per heavy atom. The molecule has 4 heteroatoms.